The van der Waals surface area contributed by atoms with Crippen LogP contribution in [0.15, 0.2) is 0 Å². The fourth-order valence-corrected chi connectivity index (χ4v) is 3.68. The molecule has 1 aliphatic heterocycles. The van der Waals surface area contributed by atoms with Gasteiger partial charge in [-0.1, -0.05) is 6.42 Å². The summed E-state index contributed by atoms with van der Waals surface area (Å²) < 4.78 is 0. The molecule has 0 aromatic heterocycles. The van der Waals surface area contributed by atoms with Crippen LogP contribution >= 0.6 is 11.8 Å². The average molecular weight is 215 g/mol. The van der Waals surface area contributed by atoms with E-state index in [2.05, 4.69) is 17.1 Å². The van der Waals surface area contributed by atoms with Gasteiger partial charge in [0.1, 0.15) is 0 Å². The van der Waals surface area contributed by atoms with Crippen LogP contribution in [-0.4, -0.2) is 34.8 Å². The lowest BCUT2D eigenvalue weighted by atomic mass is 10.1. The van der Waals surface area contributed by atoms with Crippen LogP contribution in [-0.2, 0) is 0 Å². The summed E-state index contributed by atoms with van der Waals surface area (Å²) in [5.41, 5.74) is 0. The lowest BCUT2D eigenvalue weighted by Crippen LogP contribution is -2.39. The van der Waals surface area contributed by atoms with E-state index < -0.39 is 0 Å². The quantitative estimate of drug-likeness (QED) is 0.752. The molecule has 2 rings (SSSR count). The fraction of sp³-hybridized carbons (Fsp3) is 1.00. The molecular formula is C11H21NOS. The van der Waals surface area contributed by atoms with Crippen molar-refractivity contribution in [3.63, 3.8) is 0 Å². The van der Waals surface area contributed by atoms with Gasteiger partial charge in [-0.2, -0.15) is 11.8 Å². The molecule has 2 fully saturated rings. The Morgan fingerprint density at radius 1 is 1.14 bits per heavy atom. The van der Waals surface area contributed by atoms with Gasteiger partial charge in [0.15, 0.2) is 0 Å². The Balaban J connectivity index is 1.65. The van der Waals surface area contributed by atoms with E-state index in [1.165, 1.54) is 37.9 Å². The van der Waals surface area contributed by atoms with Crippen LogP contribution in [0.3, 0.4) is 0 Å². The lowest BCUT2D eigenvalue weighted by molar-refractivity contribution is 0.149. The molecule has 2 nitrogen and oxygen atoms in total. The molecule has 0 aromatic carbocycles. The molecule has 0 aromatic rings. The molecule has 1 saturated heterocycles. The Labute approximate surface area is 90.8 Å². The Hall–Kier alpha value is 0.270. The van der Waals surface area contributed by atoms with Crippen molar-refractivity contribution in [1.29, 1.82) is 0 Å². The third kappa shape index (κ3) is 2.88. The predicted octanol–water partition coefficient (Wildman–Crippen LogP) is 1.78. The Morgan fingerprint density at radius 2 is 2.07 bits per heavy atom. The molecule has 2 N–H and O–H groups in total. The smallest absolute Gasteiger partial charge is 0.0693 e. The molecule has 1 saturated carbocycles. The Morgan fingerprint density at radius 3 is 2.71 bits per heavy atom. The number of nitrogens with one attached hydrogen (secondary N) is 1. The monoisotopic (exact) mass is 215 g/mol. The Bertz CT molecular complexity index is 171. The predicted molar refractivity (Wildman–Crippen MR) is 61.7 cm³/mol. The summed E-state index contributed by atoms with van der Waals surface area (Å²) in [4.78, 5) is 0. The summed E-state index contributed by atoms with van der Waals surface area (Å²) in [5.74, 6) is 1.33. The number of aliphatic hydroxyl groups excluding tert-OH is 1. The van der Waals surface area contributed by atoms with E-state index in [0.29, 0.717) is 6.04 Å². The molecular weight excluding hydrogens is 194 g/mol. The fourth-order valence-electron chi connectivity index (χ4n) is 2.43. The zero-order valence-electron chi connectivity index (χ0n) is 8.74. The number of thioether (sulfide) groups is 1. The van der Waals surface area contributed by atoms with Crippen LogP contribution in [0.25, 0.3) is 0 Å². The molecule has 14 heavy (non-hydrogen) atoms. The maximum Gasteiger partial charge on any atom is 0.0693 e. The molecule has 1 unspecified atom stereocenters. The molecule has 2 aliphatic rings. The number of aliphatic hydroxyl groups is 1. The first-order valence-electron chi connectivity index (χ1n) is 5.89. The van der Waals surface area contributed by atoms with Crippen molar-refractivity contribution in [3.8, 4) is 0 Å². The summed E-state index contributed by atoms with van der Waals surface area (Å²) in [6, 6.07) is 0.387. The van der Waals surface area contributed by atoms with Gasteiger partial charge in [-0.05, 0) is 37.9 Å². The SMILES string of the molecule is O[C@@H]1CCC[C@H]1NCC1CCCCS1. The van der Waals surface area contributed by atoms with Crippen LogP contribution in [0.1, 0.15) is 38.5 Å². The van der Waals surface area contributed by atoms with E-state index in [9.17, 15) is 5.11 Å². The summed E-state index contributed by atoms with van der Waals surface area (Å²) in [6.45, 7) is 1.10. The zero-order valence-corrected chi connectivity index (χ0v) is 9.56. The van der Waals surface area contributed by atoms with Gasteiger partial charge in [0, 0.05) is 17.8 Å². The Kier molecular flexibility index (Phi) is 4.14. The van der Waals surface area contributed by atoms with E-state index in [1.807, 2.05) is 0 Å². The number of hydrogen-bond acceptors (Lipinski definition) is 3. The van der Waals surface area contributed by atoms with Gasteiger partial charge < -0.3 is 10.4 Å². The number of rotatable bonds is 3. The van der Waals surface area contributed by atoms with E-state index in [0.717, 1.165) is 18.2 Å². The van der Waals surface area contributed by atoms with E-state index >= 15 is 0 Å². The van der Waals surface area contributed by atoms with E-state index in [4.69, 9.17) is 0 Å². The van der Waals surface area contributed by atoms with Crippen molar-refractivity contribution >= 4 is 11.8 Å². The second-order valence-corrected chi connectivity index (χ2v) is 5.91. The van der Waals surface area contributed by atoms with Crippen molar-refractivity contribution in [1.82, 2.24) is 5.32 Å². The summed E-state index contributed by atoms with van der Waals surface area (Å²) >= 11 is 2.10. The molecule has 3 heteroatoms. The molecule has 0 radical (unpaired) electrons. The largest absolute Gasteiger partial charge is 0.392 e. The second kappa shape index (κ2) is 5.38. The van der Waals surface area contributed by atoms with Gasteiger partial charge in [-0.25, -0.2) is 0 Å². The molecule has 1 heterocycles. The first-order valence-corrected chi connectivity index (χ1v) is 6.94. The van der Waals surface area contributed by atoms with Crippen LogP contribution < -0.4 is 5.32 Å². The third-order valence-corrected chi connectivity index (χ3v) is 4.76. The van der Waals surface area contributed by atoms with Gasteiger partial charge in [0.25, 0.3) is 0 Å². The summed E-state index contributed by atoms with van der Waals surface area (Å²) in [5, 5.41) is 14.0. The minimum Gasteiger partial charge on any atom is -0.392 e. The minimum atomic E-state index is -0.0800. The minimum absolute atomic E-state index is 0.0800. The number of hydrogen-bond donors (Lipinski definition) is 2. The van der Waals surface area contributed by atoms with Gasteiger partial charge in [-0.15, -0.1) is 0 Å². The normalized spacial score (nSPS) is 38.8. The third-order valence-electron chi connectivity index (χ3n) is 3.36. The zero-order chi connectivity index (χ0) is 9.80. The van der Waals surface area contributed by atoms with Crippen LogP contribution in [0, 0.1) is 0 Å². The first kappa shape index (κ1) is 10.8. The first-order chi connectivity index (χ1) is 6.86. The van der Waals surface area contributed by atoms with Gasteiger partial charge in [-0.3, -0.25) is 0 Å². The maximum atomic E-state index is 9.65. The van der Waals surface area contributed by atoms with Crippen LogP contribution in [0.4, 0.5) is 0 Å². The van der Waals surface area contributed by atoms with Crippen molar-refractivity contribution in [3.05, 3.63) is 0 Å². The van der Waals surface area contributed by atoms with Crippen molar-refractivity contribution in [2.24, 2.45) is 0 Å². The van der Waals surface area contributed by atoms with Gasteiger partial charge >= 0.3 is 0 Å². The highest BCUT2D eigenvalue weighted by Crippen LogP contribution is 2.25. The van der Waals surface area contributed by atoms with Gasteiger partial charge in [0.05, 0.1) is 6.10 Å². The van der Waals surface area contributed by atoms with E-state index in [-0.39, 0.29) is 6.10 Å². The molecule has 0 amide bonds. The maximum absolute atomic E-state index is 9.65. The molecule has 0 bridgehead atoms. The topological polar surface area (TPSA) is 32.3 Å². The standard InChI is InChI=1S/C11H21NOS/c13-11-6-3-5-10(11)12-8-9-4-1-2-7-14-9/h9-13H,1-8H2/t9?,10-,11-/m1/s1. The van der Waals surface area contributed by atoms with Crippen molar-refractivity contribution in [2.75, 3.05) is 12.3 Å². The highest BCUT2D eigenvalue weighted by molar-refractivity contribution is 7.99. The summed E-state index contributed by atoms with van der Waals surface area (Å²) in [6.07, 6.45) is 7.42. The van der Waals surface area contributed by atoms with Crippen molar-refractivity contribution < 1.29 is 5.11 Å². The van der Waals surface area contributed by atoms with Crippen molar-refractivity contribution in [2.45, 2.75) is 55.9 Å². The summed E-state index contributed by atoms with van der Waals surface area (Å²) in [7, 11) is 0. The van der Waals surface area contributed by atoms with Gasteiger partial charge in [0.2, 0.25) is 0 Å². The van der Waals surface area contributed by atoms with Crippen LogP contribution in [0.5, 0.6) is 0 Å². The highest BCUT2D eigenvalue weighted by Gasteiger charge is 2.25. The van der Waals surface area contributed by atoms with Crippen LogP contribution in [0.2, 0.25) is 0 Å². The average Bonchev–Trinajstić information content (AvgIpc) is 2.63. The molecule has 82 valence electrons. The molecule has 1 aliphatic carbocycles. The lowest BCUT2D eigenvalue weighted by Gasteiger charge is -2.24. The molecule has 0 spiro atoms. The molecule has 3 atom stereocenters. The second-order valence-electron chi connectivity index (χ2n) is 4.50. The highest BCUT2D eigenvalue weighted by atomic mass is 32.2. The van der Waals surface area contributed by atoms with E-state index in [1.54, 1.807) is 0 Å².